The second kappa shape index (κ2) is 6.86. The molecule has 0 unspecified atom stereocenters. The van der Waals surface area contributed by atoms with E-state index in [1.807, 2.05) is 26.0 Å². The Labute approximate surface area is 110 Å². The Balaban J connectivity index is 2.16. The molecule has 0 fully saturated rings. The lowest BCUT2D eigenvalue weighted by Gasteiger charge is -2.17. The highest BCUT2D eigenvalue weighted by Crippen LogP contribution is 2.09. The number of halogens is 1. The predicted molar refractivity (Wildman–Crippen MR) is 75.2 cm³/mol. The van der Waals surface area contributed by atoms with Crippen LogP contribution in [0.3, 0.4) is 0 Å². The third kappa shape index (κ3) is 6.12. The molecule has 0 spiro atoms. The number of hydrogen-bond acceptors (Lipinski definition) is 2. The number of nitrogens with one attached hydrogen (secondary N) is 1. The summed E-state index contributed by atoms with van der Waals surface area (Å²) in [5, 5.41) is 3.39. The van der Waals surface area contributed by atoms with Crippen LogP contribution in [-0.2, 0) is 6.42 Å². The summed E-state index contributed by atoms with van der Waals surface area (Å²) in [4.78, 5) is 0. The molecule has 0 saturated heterocycles. The van der Waals surface area contributed by atoms with Gasteiger partial charge >= 0.3 is 0 Å². The van der Waals surface area contributed by atoms with Gasteiger partial charge in [-0.15, -0.1) is 0 Å². The second-order valence-electron chi connectivity index (χ2n) is 5.68. The molecule has 102 valence electrons. The molecule has 0 aliphatic heterocycles. The van der Waals surface area contributed by atoms with E-state index in [1.165, 1.54) is 5.56 Å². The fourth-order valence-electron chi connectivity index (χ4n) is 1.89. The van der Waals surface area contributed by atoms with Gasteiger partial charge in [0.15, 0.2) is 0 Å². The minimum Gasteiger partial charge on any atom is -0.326 e. The van der Waals surface area contributed by atoms with E-state index < -0.39 is 0 Å². The standard InChI is InChI=1S/C15H25FN2/c1-12-11-13(5-6-14(12)16)7-10-18-9-4-8-15(2,3)17/h5-6,11,18H,4,7-10,17H2,1-3H3. The van der Waals surface area contributed by atoms with Gasteiger partial charge in [0.2, 0.25) is 0 Å². The van der Waals surface area contributed by atoms with Gasteiger partial charge < -0.3 is 11.1 Å². The zero-order valence-corrected chi connectivity index (χ0v) is 11.7. The molecule has 0 atom stereocenters. The topological polar surface area (TPSA) is 38.0 Å². The van der Waals surface area contributed by atoms with E-state index in [2.05, 4.69) is 5.32 Å². The van der Waals surface area contributed by atoms with Gasteiger partial charge in [0.1, 0.15) is 5.82 Å². The molecule has 0 amide bonds. The van der Waals surface area contributed by atoms with Crippen LogP contribution >= 0.6 is 0 Å². The van der Waals surface area contributed by atoms with E-state index in [4.69, 9.17) is 5.73 Å². The fourth-order valence-corrected chi connectivity index (χ4v) is 1.89. The summed E-state index contributed by atoms with van der Waals surface area (Å²) in [6.07, 6.45) is 3.05. The summed E-state index contributed by atoms with van der Waals surface area (Å²) < 4.78 is 13.1. The summed E-state index contributed by atoms with van der Waals surface area (Å²) >= 11 is 0. The van der Waals surface area contributed by atoms with Crippen molar-refractivity contribution in [3.63, 3.8) is 0 Å². The third-order valence-corrected chi connectivity index (χ3v) is 2.99. The Morgan fingerprint density at radius 2 is 2.00 bits per heavy atom. The van der Waals surface area contributed by atoms with Gasteiger partial charge in [-0.3, -0.25) is 0 Å². The number of benzene rings is 1. The highest BCUT2D eigenvalue weighted by atomic mass is 19.1. The first-order chi connectivity index (χ1) is 8.38. The highest BCUT2D eigenvalue weighted by Gasteiger charge is 2.08. The maximum atomic E-state index is 13.1. The van der Waals surface area contributed by atoms with Crippen LogP contribution in [0.5, 0.6) is 0 Å². The summed E-state index contributed by atoms with van der Waals surface area (Å²) in [5.41, 5.74) is 7.74. The molecule has 3 heteroatoms. The average Bonchev–Trinajstić information content (AvgIpc) is 2.26. The van der Waals surface area contributed by atoms with E-state index in [0.717, 1.165) is 37.9 Å². The van der Waals surface area contributed by atoms with Crippen LogP contribution in [0.15, 0.2) is 18.2 Å². The van der Waals surface area contributed by atoms with Crippen LogP contribution in [0.2, 0.25) is 0 Å². The highest BCUT2D eigenvalue weighted by molar-refractivity contribution is 5.24. The fraction of sp³-hybridized carbons (Fsp3) is 0.600. The van der Waals surface area contributed by atoms with Crippen LogP contribution in [0.25, 0.3) is 0 Å². The Hall–Kier alpha value is -0.930. The van der Waals surface area contributed by atoms with Gasteiger partial charge in [0.25, 0.3) is 0 Å². The van der Waals surface area contributed by atoms with Gasteiger partial charge in [-0.05, 0) is 70.3 Å². The van der Waals surface area contributed by atoms with Crippen molar-refractivity contribution in [2.45, 2.75) is 45.6 Å². The molecule has 0 aliphatic carbocycles. The maximum Gasteiger partial charge on any atom is 0.126 e. The van der Waals surface area contributed by atoms with Crippen LogP contribution in [0, 0.1) is 12.7 Å². The van der Waals surface area contributed by atoms with Crippen molar-refractivity contribution in [3.05, 3.63) is 35.1 Å². The van der Waals surface area contributed by atoms with Crippen molar-refractivity contribution in [1.29, 1.82) is 0 Å². The van der Waals surface area contributed by atoms with Crippen molar-refractivity contribution in [3.8, 4) is 0 Å². The smallest absolute Gasteiger partial charge is 0.126 e. The molecular formula is C15H25FN2. The van der Waals surface area contributed by atoms with Crippen LogP contribution < -0.4 is 11.1 Å². The first-order valence-corrected chi connectivity index (χ1v) is 6.63. The summed E-state index contributed by atoms with van der Waals surface area (Å²) in [5.74, 6) is -0.128. The molecule has 1 rings (SSSR count). The predicted octanol–water partition coefficient (Wildman–Crippen LogP) is 2.78. The number of aryl methyl sites for hydroxylation is 1. The SMILES string of the molecule is Cc1cc(CCNCCCC(C)(C)N)ccc1F. The first kappa shape index (κ1) is 15.1. The van der Waals surface area contributed by atoms with E-state index in [-0.39, 0.29) is 11.4 Å². The number of rotatable bonds is 7. The number of nitrogens with two attached hydrogens (primary N) is 1. The molecule has 0 heterocycles. The quantitative estimate of drug-likeness (QED) is 0.732. The lowest BCUT2D eigenvalue weighted by Crippen LogP contribution is -2.33. The van der Waals surface area contributed by atoms with Crippen molar-refractivity contribution in [2.24, 2.45) is 5.73 Å². The van der Waals surface area contributed by atoms with Crippen LogP contribution in [0.4, 0.5) is 4.39 Å². The molecule has 0 saturated carbocycles. The summed E-state index contributed by atoms with van der Waals surface area (Å²) in [6, 6.07) is 5.31. The molecule has 1 aromatic carbocycles. The van der Waals surface area contributed by atoms with Crippen molar-refractivity contribution in [2.75, 3.05) is 13.1 Å². The molecule has 0 radical (unpaired) electrons. The molecule has 0 bridgehead atoms. The normalized spacial score (nSPS) is 11.8. The molecule has 1 aromatic rings. The lowest BCUT2D eigenvalue weighted by molar-refractivity contribution is 0.449. The minimum atomic E-state index is -0.128. The Morgan fingerprint density at radius 3 is 2.61 bits per heavy atom. The van der Waals surface area contributed by atoms with E-state index in [0.29, 0.717) is 0 Å². The summed E-state index contributed by atoms with van der Waals surface area (Å²) in [6.45, 7) is 7.81. The van der Waals surface area contributed by atoms with E-state index in [9.17, 15) is 4.39 Å². The first-order valence-electron chi connectivity index (χ1n) is 6.63. The molecule has 18 heavy (non-hydrogen) atoms. The Bertz CT molecular complexity index is 369. The van der Waals surface area contributed by atoms with E-state index >= 15 is 0 Å². The number of hydrogen-bond donors (Lipinski definition) is 2. The van der Waals surface area contributed by atoms with Crippen LogP contribution in [-0.4, -0.2) is 18.6 Å². The lowest BCUT2D eigenvalue weighted by atomic mass is 10.0. The zero-order chi connectivity index (χ0) is 13.6. The second-order valence-corrected chi connectivity index (χ2v) is 5.68. The van der Waals surface area contributed by atoms with Crippen molar-refractivity contribution >= 4 is 0 Å². The zero-order valence-electron chi connectivity index (χ0n) is 11.7. The van der Waals surface area contributed by atoms with Crippen LogP contribution in [0.1, 0.15) is 37.8 Å². The summed E-state index contributed by atoms with van der Waals surface area (Å²) in [7, 11) is 0. The molecule has 3 N–H and O–H groups in total. The minimum absolute atomic E-state index is 0.0737. The van der Waals surface area contributed by atoms with Gasteiger partial charge in [0, 0.05) is 5.54 Å². The Kier molecular flexibility index (Phi) is 5.76. The van der Waals surface area contributed by atoms with Crippen molar-refractivity contribution < 1.29 is 4.39 Å². The maximum absolute atomic E-state index is 13.1. The Morgan fingerprint density at radius 1 is 1.28 bits per heavy atom. The molecular weight excluding hydrogens is 227 g/mol. The largest absolute Gasteiger partial charge is 0.326 e. The molecule has 0 aliphatic rings. The molecule has 0 aromatic heterocycles. The third-order valence-electron chi connectivity index (χ3n) is 2.99. The average molecular weight is 252 g/mol. The van der Waals surface area contributed by atoms with Gasteiger partial charge in [-0.2, -0.15) is 0 Å². The van der Waals surface area contributed by atoms with E-state index in [1.54, 1.807) is 13.0 Å². The van der Waals surface area contributed by atoms with Crippen molar-refractivity contribution in [1.82, 2.24) is 5.32 Å². The van der Waals surface area contributed by atoms with Gasteiger partial charge in [-0.25, -0.2) is 4.39 Å². The van der Waals surface area contributed by atoms with Gasteiger partial charge in [-0.1, -0.05) is 12.1 Å². The monoisotopic (exact) mass is 252 g/mol. The molecule has 2 nitrogen and oxygen atoms in total. The van der Waals surface area contributed by atoms with Gasteiger partial charge in [0.05, 0.1) is 0 Å².